The minimum absolute atomic E-state index is 0.0821. The Morgan fingerprint density at radius 1 is 1.59 bits per heavy atom. The highest BCUT2D eigenvalue weighted by molar-refractivity contribution is 6.30. The van der Waals surface area contributed by atoms with Gasteiger partial charge in [-0.15, -0.1) is 0 Å². The molecule has 5 heteroatoms. The summed E-state index contributed by atoms with van der Waals surface area (Å²) < 4.78 is 0. The van der Waals surface area contributed by atoms with Crippen molar-refractivity contribution in [3.8, 4) is 0 Å². The monoisotopic (exact) mass is 254 g/mol. The van der Waals surface area contributed by atoms with E-state index in [0.717, 1.165) is 13.0 Å². The van der Waals surface area contributed by atoms with Gasteiger partial charge in [0.1, 0.15) is 0 Å². The number of nitrogens with one attached hydrogen (secondary N) is 1. The molecule has 0 aliphatic carbocycles. The lowest BCUT2D eigenvalue weighted by molar-refractivity contribution is -0.117. The highest BCUT2D eigenvalue weighted by atomic mass is 35.5. The zero-order chi connectivity index (χ0) is 12.3. The Labute approximate surface area is 105 Å². The second-order valence-corrected chi connectivity index (χ2v) is 4.67. The molecule has 1 heterocycles. The third-order valence-corrected chi connectivity index (χ3v) is 2.96. The lowest BCUT2D eigenvalue weighted by Crippen LogP contribution is -2.32. The Hall–Kier alpha value is -1.10. The van der Waals surface area contributed by atoms with Gasteiger partial charge in [0.2, 0.25) is 5.91 Å². The molecule has 1 aromatic carbocycles. The first-order valence-corrected chi connectivity index (χ1v) is 5.97. The van der Waals surface area contributed by atoms with Crippen LogP contribution in [0, 0.1) is 0 Å². The van der Waals surface area contributed by atoms with E-state index < -0.39 is 0 Å². The van der Waals surface area contributed by atoms with Gasteiger partial charge in [0.05, 0.1) is 12.6 Å². The van der Waals surface area contributed by atoms with Crippen molar-refractivity contribution in [1.29, 1.82) is 0 Å². The van der Waals surface area contributed by atoms with Gasteiger partial charge in [-0.3, -0.25) is 9.69 Å². The molecule has 1 saturated heterocycles. The number of β-amino-alcohol motifs (C(OH)–C–C–N with tert-alkyl or cyclic N) is 1. The van der Waals surface area contributed by atoms with E-state index in [9.17, 15) is 9.90 Å². The van der Waals surface area contributed by atoms with Crippen LogP contribution in [0.3, 0.4) is 0 Å². The number of anilines is 1. The first-order valence-electron chi connectivity index (χ1n) is 5.59. The van der Waals surface area contributed by atoms with Gasteiger partial charge in [0.15, 0.2) is 0 Å². The molecule has 1 aliphatic heterocycles. The molecule has 4 nitrogen and oxygen atoms in total. The van der Waals surface area contributed by atoms with Crippen LogP contribution in [0.2, 0.25) is 5.02 Å². The first-order chi connectivity index (χ1) is 8.13. The number of nitrogens with zero attached hydrogens (tertiary/aromatic N) is 1. The summed E-state index contributed by atoms with van der Waals surface area (Å²) in [6.07, 6.45) is 0.443. The molecule has 2 rings (SSSR count). The van der Waals surface area contributed by atoms with Crippen LogP contribution < -0.4 is 5.32 Å². The largest absolute Gasteiger partial charge is 0.392 e. The zero-order valence-electron chi connectivity index (χ0n) is 9.40. The normalized spacial score (nSPS) is 20.5. The smallest absolute Gasteiger partial charge is 0.238 e. The zero-order valence-corrected chi connectivity index (χ0v) is 10.2. The lowest BCUT2D eigenvalue weighted by Gasteiger charge is -2.14. The van der Waals surface area contributed by atoms with Gasteiger partial charge < -0.3 is 10.4 Å². The predicted octanol–water partition coefficient (Wildman–Crippen LogP) is 1.35. The number of rotatable bonds is 3. The summed E-state index contributed by atoms with van der Waals surface area (Å²) in [6.45, 7) is 1.65. The highest BCUT2D eigenvalue weighted by Crippen LogP contribution is 2.15. The highest BCUT2D eigenvalue weighted by Gasteiger charge is 2.21. The molecule has 2 N–H and O–H groups in total. The van der Waals surface area contributed by atoms with E-state index in [2.05, 4.69) is 5.32 Å². The lowest BCUT2D eigenvalue weighted by atomic mass is 10.3. The van der Waals surface area contributed by atoms with Crippen molar-refractivity contribution in [3.05, 3.63) is 29.3 Å². The second-order valence-electron chi connectivity index (χ2n) is 4.24. The van der Waals surface area contributed by atoms with Crippen LogP contribution in [0.15, 0.2) is 24.3 Å². The van der Waals surface area contributed by atoms with E-state index in [-0.39, 0.29) is 12.0 Å². The van der Waals surface area contributed by atoms with Crippen molar-refractivity contribution >= 4 is 23.2 Å². The van der Waals surface area contributed by atoms with Crippen LogP contribution in [0.25, 0.3) is 0 Å². The number of amides is 1. The van der Waals surface area contributed by atoms with Crippen molar-refractivity contribution < 1.29 is 9.90 Å². The fraction of sp³-hybridized carbons (Fsp3) is 0.417. The van der Waals surface area contributed by atoms with Crippen LogP contribution in [-0.4, -0.2) is 41.7 Å². The maximum Gasteiger partial charge on any atom is 0.238 e. The summed E-state index contributed by atoms with van der Waals surface area (Å²) >= 11 is 5.82. The molecule has 0 bridgehead atoms. The van der Waals surface area contributed by atoms with Crippen LogP contribution in [0.1, 0.15) is 6.42 Å². The minimum atomic E-state index is -0.297. The Balaban J connectivity index is 1.85. The number of likely N-dealkylation sites (tertiary alicyclic amines) is 1. The summed E-state index contributed by atoms with van der Waals surface area (Å²) in [6, 6.07) is 7.05. The average molecular weight is 255 g/mol. The third kappa shape index (κ3) is 3.70. The molecule has 1 fully saturated rings. The predicted molar refractivity (Wildman–Crippen MR) is 67.1 cm³/mol. The number of hydrogen-bond acceptors (Lipinski definition) is 3. The molecule has 1 amide bonds. The van der Waals surface area contributed by atoms with E-state index in [1.807, 2.05) is 4.90 Å². The van der Waals surface area contributed by atoms with Gasteiger partial charge in [-0.2, -0.15) is 0 Å². The summed E-state index contributed by atoms with van der Waals surface area (Å²) in [5, 5.41) is 12.7. The van der Waals surface area contributed by atoms with Gasteiger partial charge in [0.25, 0.3) is 0 Å². The summed E-state index contributed by atoms with van der Waals surface area (Å²) in [5.41, 5.74) is 0.697. The van der Waals surface area contributed by atoms with Crippen molar-refractivity contribution in [2.45, 2.75) is 12.5 Å². The van der Waals surface area contributed by atoms with E-state index in [0.29, 0.717) is 23.8 Å². The third-order valence-electron chi connectivity index (χ3n) is 2.72. The van der Waals surface area contributed by atoms with Gasteiger partial charge in [-0.05, 0) is 24.6 Å². The van der Waals surface area contributed by atoms with Crippen LogP contribution in [0.5, 0.6) is 0 Å². The molecule has 0 saturated carbocycles. The maximum atomic E-state index is 11.7. The molecule has 0 spiro atoms. The van der Waals surface area contributed by atoms with Crippen LogP contribution in [0.4, 0.5) is 5.69 Å². The average Bonchev–Trinajstić information content (AvgIpc) is 2.63. The van der Waals surface area contributed by atoms with Crippen molar-refractivity contribution in [2.75, 3.05) is 25.0 Å². The summed E-state index contributed by atoms with van der Waals surface area (Å²) in [4.78, 5) is 13.6. The standard InChI is InChI=1S/C12H15ClN2O2/c13-9-2-1-3-10(6-9)14-12(17)8-15-5-4-11(16)7-15/h1-3,6,11,16H,4-5,7-8H2,(H,14,17). The Morgan fingerprint density at radius 2 is 2.41 bits per heavy atom. The Bertz CT molecular complexity index is 411. The number of aliphatic hydroxyl groups is 1. The van der Waals surface area contributed by atoms with E-state index >= 15 is 0 Å². The van der Waals surface area contributed by atoms with Crippen molar-refractivity contribution in [1.82, 2.24) is 4.90 Å². The maximum absolute atomic E-state index is 11.7. The van der Waals surface area contributed by atoms with Crippen molar-refractivity contribution in [3.63, 3.8) is 0 Å². The first kappa shape index (κ1) is 12.4. The molecule has 0 radical (unpaired) electrons. The van der Waals surface area contributed by atoms with E-state index in [1.54, 1.807) is 24.3 Å². The molecule has 1 unspecified atom stereocenters. The quantitative estimate of drug-likeness (QED) is 0.856. The van der Waals surface area contributed by atoms with Gasteiger partial charge in [0, 0.05) is 23.8 Å². The van der Waals surface area contributed by atoms with E-state index in [1.165, 1.54) is 0 Å². The van der Waals surface area contributed by atoms with Crippen LogP contribution in [-0.2, 0) is 4.79 Å². The fourth-order valence-electron chi connectivity index (χ4n) is 1.93. The molecule has 1 aromatic rings. The van der Waals surface area contributed by atoms with E-state index in [4.69, 9.17) is 11.6 Å². The fourth-order valence-corrected chi connectivity index (χ4v) is 2.12. The van der Waals surface area contributed by atoms with Crippen molar-refractivity contribution in [2.24, 2.45) is 0 Å². The number of hydrogen-bond donors (Lipinski definition) is 2. The Kier molecular flexibility index (Phi) is 3.99. The molecule has 92 valence electrons. The summed E-state index contributed by atoms with van der Waals surface area (Å²) in [5.74, 6) is -0.0821. The number of carbonyl (C=O) groups is 1. The molecule has 0 aromatic heterocycles. The molecule has 1 aliphatic rings. The van der Waals surface area contributed by atoms with Gasteiger partial charge in [-0.25, -0.2) is 0 Å². The minimum Gasteiger partial charge on any atom is -0.392 e. The molecular formula is C12H15ClN2O2. The molecular weight excluding hydrogens is 240 g/mol. The number of aliphatic hydroxyl groups excluding tert-OH is 1. The van der Waals surface area contributed by atoms with Gasteiger partial charge in [-0.1, -0.05) is 17.7 Å². The van der Waals surface area contributed by atoms with Gasteiger partial charge >= 0.3 is 0 Å². The SMILES string of the molecule is O=C(CN1CCC(O)C1)Nc1cccc(Cl)c1. The number of carbonyl (C=O) groups excluding carboxylic acids is 1. The molecule has 1 atom stereocenters. The summed E-state index contributed by atoms with van der Waals surface area (Å²) in [7, 11) is 0. The van der Waals surface area contributed by atoms with Crippen LogP contribution >= 0.6 is 11.6 Å². The second kappa shape index (κ2) is 5.49. The molecule has 17 heavy (non-hydrogen) atoms. The topological polar surface area (TPSA) is 52.6 Å². The number of halogens is 1. The Morgan fingerprint density at radius 3 is 3.06 bits per heavy atom. The number of benzene rings is 1.